The molecule has 0 bridgehead atoms. The van der Waals surface area contributed by atoms with Gasteiger partial charge in [0.2, 0.25) is 0 Å². The van der Waals surface area contributed by atoms with E-state index in [0.29, 0.717) is 22.5 Å². The molecule has 13 heteroatoms. The Morgan fingerprint density at radius 2 is 1.61 bits per heavy atom. The summed E-state index contributed by atoms with van der Waals surface area (Å²) < 4.78 is 71.6. The Kier molecular flexibility index (Phi) is 7.63. The van der Waals surface area contributed by atoms with Crippen LogP contribution in [0, 0.1) is 5.92 Å². The first-order chi connectivity index (χ1) is 19.5. The third-order valence-electron chi connectivity index (χ3n) is 7.35. The topological polar surface area (TPSA) is 85.1 Å². The molecule has 3 aromatic carbocycles. The minimum absolute atomic E-state index is 0.0532. The number of nitrogens with zero attached hydrogens (tertiary/aromatic N) is 2. The molecule has 1 aromatic heterocycles. The van der Waals surface area contributed by atoms with Gasteiger partial charge in [0.25, 0.3) is 0 Å². The molecule has 2 N–H and O–H groups in total. The predicted octanol–water partition coefficient (Wildman–Crippen LogP) is 6.74. The van der Waals surface area contributed by atoms with Crippen LogP contribution in [0.2, 0.25) is 10.0 Å². The summed E-state index contributed by atoms with van der Waals surface area (Å²) in [6.07, 6.45) is -3.97. The fourth-order valence-corrected chi connectivity index (χ4v) is 7.44. The van der Waals surface area contributed by atoms with Gasteiger partial charge in [-0.1, -0.05) is 23.2 Å². The number of rotatable bonds is 7. The number of ether oxygens (including phenoxy) is 2. The quantitative estimate of drug-likeness (QED) is 0.238. The van der Waals surface area contributed by atoms with Crippen molar-refractivity contribution in [2.75, 3.05) is 19.8 Å². The van der Waals surface area contributed by atoms with E-state index in [1.807, 2.05) is 28.8 Å². The van der Waals surface area contributed by atoms with Crippen LogP contribution in [0.15, 0.2) is 69.9 Å². The van der Waals surface area contributed by atoms with Gasteiger partial charge in [-0.15, -0.1) is 13.2 Å². The van der Waals surface area contributed by atoms with E-state index in [1.165, 1.54) is 12.1 Å². The lowest BCUT2D eigenvalue weighted by atomic mass is 10.0. The molecule has 218 valence electrons. The van der Waals surface area contributed by atoms with Crippen LogP contribution in [-0.2, 0) is 14.7 Å². The van der Waals surface area contributed by atoms with Crippen LogP contribution in [0.4, 0.5) is 13.2 Å². The molecule has 1 saturated heterocycles. The maximum absolute atomic E-state index is 14.3. The lowest BCUT2D eigenvalue weighted by Gasteiger charge is -2.37. The second-order valence-electron chi connectivity index (χ2n) is 10.3. The highest BCUT2D eigenvalue weighted by molar-refractivity contribution is 7.91. The molecule has 2 fully saturated rings. The average Bonchev–Trinajstić information content (AvgIpc) is 3.70. The minimum atomic E-state index is -4.85. The van der Waals surface area contributed by atoms with Gasteiger partial charge in [0.05, 0.1) is 42.8 Å². The van der Waals surface area contributed by atoms with Crippen molar-refractivity contribution in [3.8, 4) is 5.75 Å². The van der Waals surface area contributed by atoms with Crippen molar-refractivity contribution in [2.45, 2.75) is 42.3 Å². The number of fused-ring (bicyclic) bond motifs is 3. The van der Waals surface area contributed by atoms with Gasteiger partial charge in [0, 0.05) is 31.9 Å². The normalized spacial score (nSPS) is 23.0. The molecule has 1 saturated carbocycles. The molecule has 0 spiro atoms. The number of hydrogen-bond acceptors (Lipinski definition) is 5. The van der Waals surface area contributed by atoms with Crippen molar-refractivity contribution in [3.63, 3.8) is 0 Å². The highest BCUT2D eigenvalue weighted by Gasteiger charge is 2.38. The van der Waals surface area contributed by atoms with E-state index >= 15 is 0 Å². The fraction of sp³-hybridized carbons (Fsp3) is 0.357. The molecule has 2 aliphatic rings. The molecule has 6 rings (SSSR count). The van der Waals surface area contributed by atoms with Crippen LogP contribution in [0.3, 0.4) is 0 Å². The van der Waals surface area contributed by atoms with Crippen LogP contribution in [0.25, 0.3) is 21.8 Å². The molecule has 0 amide bonds. The van der Waals surface area contributed by atoms with Crippen molar-refractivity contribution < 1.29 is 32.0 Å². The summed E-state index contributed by atoms with van der Waals surface area (Å²) >= 11 is 12.6. The van der Waals surface area contributed by atoms with Gasteiger partial charge in [-0.3, -0.25) is 0 Å². The van der Waals surface area contributed by atoms with E-state index in [4.69, 9.17) is 27.9 Å². The Labute approximate surface area is 244 Å². The van der Waals surface area contributed by atoms with E-state index in [1.54, 1.807) is 12.1 Å². The molecule has 2 heterocycles. The second kappa shape index (κ2) is 10.9. The molecule has 0 radical (unpaired) electrons. The van der Waals surface area contributed by atoms with E-state index in [0.717, 1.165) is 46.8 Å². The zero-order chi connectivity index (χ0) is 28.9. The van der Waals surface area contributed by atoms with Crippen molar-refractivity contribution >= 4 is 54.9 Å². The fourth-order valence-electron chi connectivity index (χ4n) is 5.19. The Bertz CT molecular complexity index is 1660. The molecule has 7 nitrogen and oxygen atoms in total. The molecular weight excluding hydrogens is 602 g/mol. The smallest absolute Gasteiger partial charge is 0.406 e. The first-order valence-corrected chi connectivity index (χ1v) is 15.3. The van der Waals surface area contributed by atoms with E-state index < -0.39 is 40.2 Å². The highest BCUT2D eigenvalue weighted by atomic mass is 35.5. The number of aliphatic hydroxyl groups excluding tert-OH is 1. The number of nitrogens with one attached hydrogen (secondary N) is 1. The van der Waals surface area contributed by atoms with E-state index in [-0.39, 0.29) is 18.1 Å². The number of benzene rings is 3. The van der Waals surface area contributed by atoms with E-state index in [2.05, 4.69) is 13.8 Å². The largest absolute Gasteiger partial charge is 0.573 e. The molecule has 1 aliphatic carbocycles. The molecular formula is C28H26Cl2F3N3O4S. The van der Waals surface area contributed by atoms with Crippen molar-refractivity contribution in [3.05, 3.63) is 70.7 Å². The molecule has 4 aromatic rings. The Hall–Kier alpha value is -2.54. The first-order valence-electron chi connectivity index (χ1n) is 13.0. The van der Waals surface area contributed by atoms with Crippen molar-refractivity contribution in [1.29, 1.82) is 0 Å². The summed E-state index contributed by atoms with van der Waals surface area (Å²) in [5, 5.41) is 14.5. The highest BCUT2D eigenvalue weighted by Crippen LogP contribution is 2.38. The lowest BCUT2D eigenvalue weighted by Crippen LogP contribution is -2.53. The summed E-state index contributed by atoms with van der Waals surface area (Å²) in [5.41, 5.74) is 1.64. The van der Waals surface area contributed by atoms with Crippen LogP contribution in [0.1, 0.15) is 18.9 Å². The summed E-state index contributed by atoms with van der Waals surface area (Å²) in [5.74, 6) is -0.125. The van der Waals surface area contributed by atoms with Gasteiger partial charge in [-0.2, -0.15) is 0 Å². The van der Waals surface area contributed by atoms with E-state index in [9.17, 15) is 22.5 Å². The van der Waals surface area contributed by atoms with Gasteiger partial charge in [0.1, 0.15) is 15.7 Å². The Morgan fingerprint density at radius 1 is 1.00 bits per heavy atom. The summed E-state index contributed by atoms with van der Waals surface area (Å²) in [7, 11) is -3.35. The standard InChI is InChI=1S/C28H26Cl2F3N3O4S/c29-17-3-9-24-21(11-17)22-12-18(30)4-10-25(22)36(24)26-15-39-14-23(27(26)37)35-41(38,34-13-16-1-2-16)20-7-5-19(6-8-20)40-28(31,32)33/h3-12,16,23,26-27,37H,1-2,13-15H2,(H,34,35,38)/t23-,26-,27+,41?/m0/s1. The SMILES string of the molecule is O=S(=NCC1CC1)(N[C@H]1COC[C@H](n2c3ccc(Cl)cc3c3cc(Cl)ccc32)[C@@H]1O)c1ccc(OC(F)(F)F)cc1. The molecule has 4 atom stereocenters. The first kappa shape index (κ1) is 28.6. The molecule has 41 heavy (non-hydrogen) atoms. The number of aromatic nitrogens is 1. The zero-order valence-corrected chi connectivity index (χ0v) is 23.8. The maximum atomic E-state index is 14.3. The molecule has 1 aliphatic heterocycles. The lowest BCUT2D eigenvalue weighted by molar-refractivity contribution is -0.274. The number of hydrogen-bond donors (Lipinski definition) is 2. The number of halogens is 5. The third kappa shape index (κ3) is 6.02. The van der Waals surface area contributed by atoms with Crippen LogP contribution >= 0.6 is 23.2 Å². The Balaban J connectivity index is 1.35. The van der Waals surface area contributed by atoms with Gasteiger partial charge < -0.3 is 19.1 Å². The zero-order valence-electron chi connectivity index (χ0n) is 21.5. The minimum Gasteiger partial charge on any atom is -0.406 e. The second-order valence-corrected chi connectivity index (χ2v) is 13.2. The van der Waals surface area contributed by atoms with Crippen LogP contribution in [0.5, 0.6) is 5.75 Å². The van der Waals surface area contributed by atoms with Crippen LogP contribution in [-0.4, -0.2) is 52.1 Å². The van der Waals surface area contributed by atoms with Crippen LogP contribution < -0.4 is 9.46 Å². The average molecular weight is 629 g/mol. The van der Waals surface area contributed by atoms with Gasteiger partial charge in [-0.05, 0) is 79.4 Å². The van der Waals surface area contributed by atoms with Gasteiger partial charge in [0.15, 0.2) is 0 Å². The third-order valence-corrected chi connectivity index (χ3v) is 9.87. The predicted molar refractivity (Wildman–Crippen MR) is 152 cm³/mol. The number of aliphatic hydroxyl groups is 1. The summed E-state index contributed by atoms with van der Waals surface area (Å²) in [6, 6.07) is 14.4. The maximum Gasteiger partial charge on any atom is 0.573 e. The summed E-state index contributed by atoms with van der Waals surface area (Å²) in [4.78, 5) is 0.183. The monoisotopic (exact) mass is 627 g/mol. The molecule has 1 unspecified atom stereocenters. The Morgan fingerprint density at radius 3 is 2.17 bits per heavy atom. The summed E-state index contributed by atoms with van der Waals surface area (Å²) in [6.45, 7) is 0.569. The van der Waals surface area contributed by atoms with Gasteiger partial charge >= 0.3 is 6.36 Å². The van der Waals surface area contributed by atoms with Crippen molar-refractivity contribution in [2.24, 2.45) is 10.3 Å². The van der Waals surface area contributed by atoms with Crippen molar-refractivity contribution in [1.82, 2.24) is 9.29 Å². The number of alkyl halides is 3. The van der Waals surface area contributed by atoms with Gasteiger partial charge in [-0.25, -0.2) is 13.3 Å².